The molecular weight excluding hydrogens is 182 g/mol. The maximum absolute atomic E-state index is 10.3. The molecule has 0 fully saturated rings. The zero-order chi connectivity index (χ0) is 10.6. The van der Waals surface area contributed by atoms with Crippen LogP contribution in [-0.4, -0.2) is 11.7 Å². The highest BCUT2D eigenvalue weighted by atomic mass is 16.3. The van der Waals surface area contributed by atoms with Gasteiger partial charge in [0, 0.05) is 12.1 Å². The van der Waals surface area contributed by atoms with E-state index in [1.54, 1.807) is 6.92 Å². The van der Waals surface area contributed by atoms with E-state index >= 15 is 0 Å². The summed E-state index contributed by atoms with van der Waals surface area (Å²) in [5.74, 6) is 1.67. The molecule has 5 nitrogen and oxygen atoms in total. The predicted molar refractivity (Wildman–Crippen MR) is 53.0 cm³/mol. The van der Waals surface area contributed by atoms with Gasteiger partial charge in [-0.05, 0) is 26.0 Å². The summed E-state index contributed by atoms with van der Waals surface area (Å²) < 4.78 is 5.34. The van der Waals surface area contributed by atoms with E-state index in [4.69, 9.17) is 10.2 Å². The van der Waals surface area contributed by atoms with E-state index < -0.39 is 6.03 Å². The van der Waals surface area contributed by atoms with Crippen molar-refractivity contribution in [2.75, 3.05) is 0 Å². The van der Waals surface area contributed by atoms with Crippen LogP contribution in [-0.2, 0) is 6.42 Å². The van der Waals surface area contributed by atoms with Gasteiger partial charge >= 0.3 is 6.03 Å². The normalized spacial score (nSPS) is 11.4. The Balaban J connectivity index is 2.52. The molecule has 1 heterocycles. The maximum atomic E-state index is 10.3. The van der Waals surface area contributed by atoms with Crippen LogP contribution in [0, 0.1) is 6.92 Å². The first-order valence-electron chi connectivity index (χ1n) is 4.22. The minimum Gasteiger partial charge on any atom is -0.466 e. The number of carbonyl (C=O) groups excluding carboxylic acids is 1. The van der Waals surface area contributed by atoms with Gasteiger partial charge < -0.3 is 10.2 Å². The van der Waals surface area contributed by atoms with Crippen molar-refractivity contribution in [3.63, 3.8) is 0 Å². The third-order valence-electron chi connectivity index (χ3n) is 1.58. The quantitative estimate of drug-likeness (QED) is 0.560. The molecule has 3 N–H and O–H groups in total. The summed E-state index contributed by atoms with van der Waals surface area (Å²) >= 11 is 0. The van der Waals surface area contributed by atoms with E-state index in [1.807, 2.05) is 19.1 Å². The second-order valence-electron chi connectivity index (χ2n) is 3.01. The van der Waals surface area contributed by atoms with Gasteiger partial charge in [-0.1, -0.05) is 0 Å². The number of hydrogen-bond donors (Lipinski definition) is 2. The number of nitrogens with one attached hydrogen (secondary N) is 1. The predicted octanol–water partition coefficient (Wildman–Crippen LogP) is 1.17. The number of furan rings is 1. The molecule has 0 unspecified atom stereocenters. The van der Waals surface area contributed by atoms with E-state index in [0.717, 1.165) is 17.2 Å². The molecule has 76 valence electrons. The molecule has 0 bridgehead atoms. The van der Waals surface area contributed by atoms with E-state index in [1.165, 1.54) is 0 Å². The summed E-state index contributed by atoms with van der Waals surface area (Å²) in [6, 6.07) is 3.09. The zero-order valence-electron chi connectivity index (χ0n) is 8.20. The molecule has 1 rings (SSSR count). The minimum atomic E-state index is -0.667. The topological polar surface area (TPSA) is 80.6 Å². The molecule has 0 aliphatic rings. The number of hydrazone groups is 1. The summed E-state index contributed by atoms with van der Waals surface area (Å²) in [4.78, 5) is 10.3. The highest BCUT2D eigenvalue weighted by Crippen LogP contribution is 2.07. The van der Waals surface area contributed by atoms with E-state index in [0.29, 0.717) is 6.42 Å². The fourth-order valence-electron chi connectivity index (χ4n) is 1.02. The summed E-state index contributed by atoms with van der Waals surface area (Å²) in [5, 5.41) is 3.76. The molecule has 0 radical (unpaired) electrons. The molecule has 1 aromatic heterocycles. The Kier molecular flexibility index (Phi) is 3.28. The van der Waals surface area contributed by atoms with E-state index in [2.05, 4.69) is 10.5 Å². The van der Waals surface area contributed by atoms with Crippen LogP contribution >= 0.6 is 0 Å². The molecule has 2 amide bonds. The summed E-state index contributed by atoms with van der Waals surface area (Å²) in [6.45, 7) is 3.66. The Hall–Kier alpha value is -1.78. The van der Waals surface area contributed by atoms with Gasteiger partial charge in [0.2, 0.25) is 0 Å². The van der Waals surface area contributed by atoms with Gasteiger partial charge in [-0.2, -0.15) is 5.10 Å². The second kappa shape index (κ2) is 4.45. The largest absolute Gasteiger partial charge is 0.466 e. The minimum absolute atomic E-state index is 0.564. The first kappa shape index (κ1) is 10.3. The molecule has 5 heteroatoms. The third kappa shape index (κ3) is 3.30. The molecule has 0 aliphatic heterocycles. The van der Waals surface area contributed by atoms with Crippen LogP contribution in [0.2, 0.25) is 0 Å². The Bertz CT molecular complexity index is 355. The first-order valence-corrected chi connectivity index (χ1v) is 4.22. The Morgan fingerprint density at radius 3 is 2.86 bits per heavy atom. The molecule has 0 aliphatic carbocycles. The fourth-order valence-corrected chi connectivity index (χ4v) is 1.02. The van der Waals surface area contributed by atoms with Gasteiger partial charge in [0.1, 0.15) is 11.5 Å². The number of urea groups is 1. The van der Waals surface area contributed by atoms with Crippen LogP contribution in [0.5, 0.6) is 0 Å². The van der Waals surface area contributed by atoms with Crippen molar-refractivity contribution in [2.45, 2.75) is 20.3 Å². The Morgan fingerprint density at radius 2 is 2.36 bits per heavy atom. The highest BCUT2D eigenvalue weighted by molar-refractivity contribution is 5.85. The number of nitrogens with two attached hydrogens (primary N) is 1. The van der Waals surface area contributed by atoms with Crippen molar-refractivity contribution >= 4 is 11.7 Å². The number of nitrogens with zero attached hydrogens (tertiary/aromatic N) is 1. The van der Waals surface area contributed by atoms with Gasteiger partial charge in [0.15, 0.2) is 0 Å². The molecule has 14 heavy (non-hydrogen) atoms. The number of carbonyl (C=O) groups is 1. The molecular formula is C9H13N3O2. The third-order valence-corrected chi connectivity index (χ3v) is 1.58. The number of primary amides is 1. The van der Waals surface area contributed by atoms with Gasteiger partial charge in [-0.3, -0.25) is 0 Å². The van der Waals surface area contributed by atoms with Crippen LogP contribution in [0.1, 0.15) is 18.4 Å². The molecule has 0 saturated carbocycles. The van der Waals surface area contributed by atoms with E-state index in [9.17, 15) is 4.79 Å². The van der Waals surface area contributed by atoms with Crippen molar-refractivity contribution in [3.8, 4) is 0 Å². The molecule has 0 atom stereocenters. The second-order valence-corrected chi connectivity index (χ2v) is 3.01. The number of amides is 2. The maximum Gasteiger partial charge on any atom is 0.332 e. The van der Waals surface area contributed by atoms with Crippen LogP contribution < -0.4 is 11.2 Å². The fraction of sp³-hybridized carbons (Fsp3) is 0.333. The highest BCUT2D eigenvalue weighted by Gasteiger charge is 2.00. The van der Waals surface area contributed by atoms with Crippen LogP contribution in [0.3, 0.4) is 0 Å². The number of rotatable bonds is 3. The lowest BCUT2D eigenvalue weighted by atomic mass is 10.2. The van der Waals surface area contributed by atoms with Gasteiger partial charge in [0.05, 0.1) is 0 Å². The van der Waals surface area contributed by atoms with Crippen LogP contribution in [0.25, 0.3) is 0 Å². The first-order chi connectivity index (χ1) is 6.58. The van der Waals surface area contributed by atoms with Crippen LogP contribution in [0.4, 0.5) is 4.79 Å². The SMILES string of the molecule is C/C(Cc1ccc(C)o1)=N\NC(N)=O. The van der Waals surface area contributed by atoms with Gasteiger partial charge in [-0.15, -0.1) is 0 Å². The monoisotopic (exact) mass is 195 g/mol. The number of hydrogen-bond acceptors (Lipinski definition) is 3. The van der Waals surface area contributed by atoms with Crippen molar-refractivity contribution in [1.82, 2.24) is 5.43 Å². The molecule has 0 aromatic carbocycles. The molecule has 1 aromatic rings. The summed E-state index contributed by atoms with van der Waals surface area (Å²) in [5.41, 5.74) is 7.75. The number of aryl methyl sites for hydroxylation is 1. The molecule has 0 saturated heterocycles. The average molecular weight is 195 g/mol. The van der Waals surface area contributed by atoms with Gasteiger partial charge in [0.25, 0.3) is 0 Å². The van der Waals surface area contributed by atoms with Crippen molar-refractivity contribution in [1.29, 1.82) is 0 Å². The van der Waals surface area contributed by atoms with Crippen molar-refractivity contribution in [3.05, 3.63) is 23.7 Å². The standard InChI is InChI=1S/C9H13N3O2/c1-6(11-12-9(10)13)5-8-4-3-7(2)14-8/h3-4H,5H2,1-2H3,(H3,10,12,13)/b11-6+. The lowest BCUT2D eigenvalue weighted by molar-refractivity contribution is 0.249. The van der Waals surface area contributed by atoms with Gasteiger partial charge in [-0.25, -0.2) is 10.2 Å². The summed E-state index contributed by atoms with van der Waals surface area (Å²) in [7, 11) is 0. The lowest BCUT2D eigenvalue weighted by Gasteiger charge is -1.97. The Labute approximate surface area is 82.0 Å². The lowest BCUT2D eigenvalue weighted by Crippen LogP contribution is -2.25. The van der Waals surface area contributed by atoms with Crippen molar-refractivity contribution < 1.29 is 9.21 Å². The zero-order valence-corrected chi connectivity index (χ0v) is 8.20. The smallest absolute Gasteiger partial charge is 0.332 e. The van der Waals surface area contributed by atoms with E-state index in [-0.39, 0.29) is 0 Å². The average Bonchev–Trinajstić information content (AvgIpc) is 2.48. The van der Waals surface area contributed by atoms with Crippen LogP contribution in [0.15, 0.2) is 21.7 Å². The summed E-state index contributed by atoms with van der Waals surface area (Å²) in [6.07, 6.45) is 0.564. The van der Waals surface area contributed by atoms with Crippen molar-refractivity contribution in [2.24, 2.45) is 10.8 Å². The molecule has 0 spiro atoms. The Morgan fingerprint density at radius 1 is 1.64 bits per heavy atom.